The van der Waals surface area contributed by atoms with Gasteiger partial charge in [0.2, 0.25) is 0 Å². The normalized spacial score (nSPS) is 23.1. The summed E-state index contributed by atoms with van der Waals surface area (Å²) >= 11 is 1.69. The van der Waals surface area contributed by atoms with E-state index in [1.165, 1.54) is 4.88 Å². The third kappa shape index (κ3) is 4.31. The largest absolute Gasteiger partial charge is 0.312 e. The first-order valence-corrected chi connectivity index (χ1v) is 8.75. The SMILES string of the molecule is Cc1cnc(CNCCC2CS(=O)(=O)CCN2)s1. The Morgan fingerprint density at radius 2 is 2.44 bits per heavy atom. The van der Waals surface area contributed by atoms with E-state index in [1.54, 1.807) is 11.3 Å². The van der Waals surface area contributed by atoms with Crippen molar-refractivity contribution in [1.82, 2.24) is 15.6 Å². The smallest absolute Gasteiger partial charge is 0.153 e. The molecule has 1 atom stereocenters. The molecule has 5 nitrogen and oxygen atoms in total. The van der Waals surface area contributed by atoms with Gasteiger partial charge in [-0.1, -0.05) is 0 Å². The van der Waals surface area contributed by atoms with Crippen LogP contribution in [-0.4, -0.2) is 44.0 Å². The molecule has 1 fully saturated rings. The second-order valence-electron chi connectivity index (χ2n) is 4.60. The van der Waals surface area contributed by atoms with E-state index < -0.39 is 9.84 Å². The molecule has 2 N–H and O–H groups in total. The molecule has 7 heteroatoms. The van der Waals surface area contributed by atoms with Gasteiger partial charge in [-0.25, -0.2) is 13.4 Å². The minimum Gasteiger partial charge on any atom is -0.312 e. The number of hydrogen-bond acceptors (Lipinski definition) is 6. The van der Waals surface area contributed by atoms with Gasteiger partial charge in [0.25, 0.3) is 0 Å². The summed E-state index contributed by atoms with van der Waals surface area (Å²) in [6.45, 7) is 4.19. The van der Waals surface area contributed by atoms with Crippen LogP contribution in [0.25, 0.3) is 0 Å². The standard InChI is InChI=1S/C11H19N3O2S2/c1-9-6-14-11(17-9)7-12-3-2-10-8-18(15,16)5-4-13-10/h6,10,12-13H,2-5,7-8H2,1H3. The summed E-state index contributed by atoms with van der Waals surface area (Å²) in [7, 11) is -2.82. The van der Waals surface area contributed by atoms with Gasteiger partial charge in [0.05, 0.1) is 11.5 Å². The van der Waals surface area contributed by atoms with Crippen molar-refractivity contribution in [3.63, 3.8) is 0 Å². The molecule has 0 aromatic carbocycles. The maximum Gasteiger partial charge on any atom is 0.153 e. The van der Waals surface area contributed by atoms with Crippen LogP contribution in [0, 0.1) is 6.92 Å². The molecule has 2 heterocycles. The van der Waals surface area contributed by atoms with Crippen molar-refractivity contribution in [2.24, 2.45) is 0 Å². The lowest BCUT2D eigenvalue weighted by Gasteiger charge is -2.23. The van der Waals surface area contributed by atoms with Crippen molar-refractivity contribution >= 4 is 21.2 Å². The molecule has 1 unspecified atom stereocenters. The quantitative estimate of drug-likeness (QED) is 0.764. The van der Waals surface area contributed by atoms with Crippen LogP contribution >= 0.6 is 11.3 Å². The minimum absolute atomic E-state index is 0.0919. The van der Waals surface area contributed by atoms with Gasteiger partial charge in [0, 0.05) is 30.2 Å². The molecular weight excluding hydrogens is 270 g/mol. The van der Waals surface area contributed by atoms with E-state index in [2.05, 4.69) is 15.6 Å². The van der Waals surface area contributed by atoms with Crippen LogP contribution < -0.4 is 10.6 Å². The van der Waals surface area contributed by atoms with E-state index in [4.69, 9.17) is 0 Å². The zero-order valence-corrected chi connectivity index (χ0v) is 12.1. The van der Waals surface area contributed by atoms with Gasteiger partial charge in [-0.15, -0.1) is 11.3 Å². The average Bonchev–Trinajstić information content (AvgIpc) is 2.69. The highest BCUT2D eigenvalue weighted by atomic mass is 32.2. The Morgan fingerprint density at radius 1 is 1.61 bits per heavy atom. The third-order valence-corrected chi connectivity index (χ3v) is 5.57. The van der Waals surface area contributed by atoms with Crippen LogP contribution in [0.5, 0.6) is 0 Å². The molecule has 1 aromatic rings. The number of aryl methyl sites for hydroxylation is 1. The van der Waals surface area contributed by atoms with Crippen molar-refractivity contribution in [3.8, 4) is 0 Å². The van der Waals surface area contributed by atoms with Gasteiger partial charge in [-0.3, -0.25) is 0 Å². The zero-order chi connectivity index (χ0) is 13.0. The highest BCUT2D eigenvalue weighted by molar-refractivity contribution is 7.91. The fraction of sp³-hybridized carbons (Fsp3) is 0.727. The molecule has 1 aliphatic heterocycles. The van der Waals surface area contributed by atoms with Crippen LogP contribution in [-0.2, 0) is 16.4 Å². The summed E-state index contributed by atoms with van der Waals surface area (Å²) in [5.74, 6) is 0.542. The number of thiazole rings is 1. The Hall–Kier alpha value is -0.500. The molecule has 0 aliphatic carbocycles. The molecule has 0 saturated carbocycles. The number of nitrogens with one attached hydrogen (secondary N) is 2. The Bertz CT molecular complexity index is 484. The summed E-state index contributed by atoms with van der Waals surface area (Å²) in [5.41, 5.74) is 0. The van der Waals surface area contributed by atoms with Gasteiger partial charge < -0.3 is 10.6 Å². The number of nitrogens with zero attached hydrogens (tertiary/aromatic N) is 1. The van der Waals surface area contributed by atoms with Crippen LogP contribution in [0.1, 0.15) is 16.3 Å². The molecule has 0 spiro atoms. The first-order valence-electron chi connectivity index (χ1n) is 6.11. The van der Waals surface area contributed by atoms with E-state index in [0.29, 0.717) is 6.54 Å². The van der Waals surface area contributed by atoms with E-state index in [1.807, 2.05) is 13.1 Å². The number of sulfone groups is 1. The van der Waals surface area contributed by atoms with Crippen LogP contribution in [0.3, 0.4) is 0 Å². The lowest BCUT2D eigenvalue weighted by atomic mass is 10.2. The predicted molar refractivity (Wildman–Crippen MR) is 73.6 cm³/mol. The Kier molecular flexibility index (Phi) is 4.71. The lowest BCUT2D eigenvalue weighted by Crippen LogP contribution is -2.46. The monoisotopic (exact) mass is 289 g/mol. The highest BCUT2D eigenvalue weighted by Gasteiger charge is 2.23. The van der Waals surface area contributed by atoms with E-state index in [9.17, 15) is 8.42 Å². The Labute approximate surface area is 112 Å². The molecule has 1 saturated heterocycles. The molecule has 1 aromatic heterocycles. The second kappa shape index (κ2) is 6.10. The summed E-state index contributed by atoms with van der Waals surface area (Å²) < 4.78 is 22.9. The third-order valence-electron chi connectivity index (χ3n) is 2.92. The molecule has 0 amide bonds. The first-order chi connectivity index (χ1) is 8.55. The number of hydrogen-bond donors (Lipinski definition) is 2. The predicted octanol–water partition coefficient (Wildman–Crippen LogP) is 0.318. The lowest BCUT2D eigenvalue weighted by molar-refractivity contribution is 0.479. The fourth-order valence-electron chi connectivity index (χ4n) is 2.01. The Balaban J connectivity index is 1.66. The minimum atomic E-state index is -2.82. The molecule has 18 heavy (non-hydrogen) atoms. The number of aromatic nitrogens is 1. The molecule has 1 aliphatic rings. The van der Waals surface area contributed by atoms with E-state index in [0.717, 1.165) is 24.5 Å². The average molecular weight is 289 g/mol. The second-order valence-corrected chi connectivity index (χ2v) is 8.14. The van der Waals surface area contributed by atoms with Crippen molar-refractivity contribution < 1.29 is 8.42 Å². The zero-order valence-electron chi connectivity index (χ0n) is 10.5. The molecular formula is C11H19N3O2S2. The van der Waals surface area contributed by atoms with Crippen molar-refractivity contribution in [3.05, 3.63) is 16.1 Å². The molecule has 2 rings (SSSR count). The molecule has 102 valence electrons. The van der Waals surface area contributed by atoms with E-state index in [-0.39, 0.29) is 17.5 Å². The van der Waals surface area contributed by atoms with Crippen molar-refractivity contribution in [2.45, 2.75) is 25.9 Å². The van der Waals surface area contributed by atoms with Crippen LogP contribution in [0.4, 0.5) is 0 Å². The van der Waals surface area contributed by atoms with Gasteiger partial charge in [-0.05, 0) is 19.9 Å². The molecule has 0 bridgehead atoms. The Morgan fingerprint density at radius 3 is 3.11 bits per heavy atom. The van der Waals surface area contributed by atoms with Gasteiger partial charge in [0.15, 0.2) is 9.84 Å². The number of rotatable bonds is 5. The highest BCUT2D eigenvalue weighted by Crippen LogP contribution is 2.10. The molecule has 0 radical (unpaired) electrons. The first kappa shape index (κ1) is 13.9. The summed E-state index contributed by atoms with van der Waals surface area (Å²) in [6.07, 6.45) is 2.71. The summed E-state index contributed by atoms with van der Waals surface area (Å²) in [5, 5.41) is 7.63. The summed E-state index contributed by atoms with van der Waals surface area (Å²) in [4.78, 5) is 5.48. The maximum absolute atomic E-state index is 11.4. The van der Waals surface area contributed by atoms with Crippen molar-refractivity contribution in [2.75, 3.05) is 24.6 Å². The van der Waals surface area contributed by atoms with Crippen LogP contribution in [0.2, 0.25) is 0 Å². The van der Waals surface area contributed by atoms with E-state index >= 15 is 0 Å². The topological polar surface area (TPSA) is 71.1 Å². The van der Waals surface area contributed by atoms with Crippen molar-refractivity contribution in [1.29, 1.82) is 0 Å². The summed E-state index contributed by atoms with van der Waals surface area (Å²) in [6, 6.07) is 0.0919. The maximum atomic E-state index is 11.4. The fourth-order valence-corrected chi connectivity index (χ4v) is 4.26. The van der Waals surface area contributed by atoms with Gasteiger partial charge >= 0.3 is 0 Å². The van der Waals surface area contributed by atoms with Gasteiger partial charge in [-0.2, -0.15) is 0 Å². The van der Waals surface area contributed by atoms with Crippen LogP contribution in [0.15, 0.2) is 6.20 Å². The van der Waals surface area contributed by atoms with Gasteiger partial charge in [0.1, 0.15) is 5.01 Å².